The average molecular weight is 550 g/mol. The molecule has 0 spiro atoms. The van der Waals surface area contributed by atoms with Crippen LogP contribution in [-0.4, -0.2) is 54.0 Å². The normalized spacial score (nSPS) is 13.3. The minimum atomic E-state index is -3.38. The van der Waals surface area contributed by atoms with E-state index < -0.39 is 21.5 Å². The van der Waals surface area contributed by atoms with Gasteiger partial charge in [0.2, 0.25) is 5.91 Å². The zero-order chi connectivity index (χ0) is 27.4. The van der Waals surface area contributed by atoms with Crippen molar-refractivity contribution in [3.05, 3.63) is 66.6 Å². The van der Waals surface area contributed by atoms with Crippen LogP contribution in [0, 0.1) is 12.8 Å². The molecule has 2 N–H and O–H groups in total. The summed E-state index contributed by atoms with van der Waals surface area (Å²) in [4.78, 5) is 20.6. The highest BCUT2D eigenvalue weighted by molar-refractivity contribution is 7.91. The standard InChI is InChI=1S/C28H31N5O5S/c1-19-14-21(8-9-25(19)38-23-5-3-4-22(15-23)37-16-20-6-7-20)32-28-27-24(30-18-31-28)10-12-33(27)13-11-29-26(34)17-39(2,35)36/h3-5,8-10,12,14-15,18,20H,6-7,11,13,16-17H2,1-2H3,(H,29,34)(H,30,31,32). The van der Waals surface area contributed by atoms with Gasteiger partial charge in [0.25, 0.3) is 0 Å². The Labute approximate surface area is 227 Å². The first-order valence-corrected chi connectivity index (χ1v) is 14.8. The van der Waals surface area contributed by atoms with Crippen molar-refractivity contribution in [2.45, 2.75) is 26.3 Å². The number of carbonyl (C=O) groups is 1. The number of ether oxygens (including phenoxy) is 2. The van der Waals surface area contributed by atoms with E-state index in [1.807, 2.05) is 66.2 Å². The second-order valence-corrected chi connectivity index (χ2v) is 12.0. The fraction of sp³-hybridized carbons (Fsp3) is 0.321. The fourth-order valence-electron chi connectivity index (χ4n) is 4.15. The Morgan fingerprint density at radius 3 is 2.69 bits per heavy atom. The number of aromatic nitrogens is 3. The molecule has 2 aromatic carbocycles. The van der Waals surface area contributed by atoms with Crippen LogP contribution in [0.4, 0.5) is 11.5 Å². The van der Waals surface area contributed by atoms with E-state index in [9.17, 15) is 13.2 Å². The number of nitrogens with zero attached hydrogens (tertiary/aromatic N) is 3. The number of fused-ring (bicyclic) bond motifs is 1. The Morgan fingerprint density at radius 1 is 1.10 bits per heavy atom. The fourth-order valence-corrected chi connectivity index (χ4v) is 4.73. The number of benzene rings is 2. The number of nitrogens with one attached hydrogen (secondary N) is 2. The summed E-state index contributed by atoms with van der Waals surface area (Å²) in [6.07, 6.45) is 6.87. The van der Waals surface area contributed by atoms with Gasteiger partial charge in [0.1, 0.15) is 34.8 Å². The molecule has 10 nitrogen and oxygen atoms in total. The molecule has 0 aliphatic heterocycles. The SMILES string of the molecule is Cc1cc(Nc2ncnc3ccn(CCNC(=O)CS(C)(=O)=O)c23)ccc1Oc1cccc(OCC2CC2)c1. The lowest BCUT2D eigenvalue weighted by atomic mass is 10.2. The lowest BCUT2D eigenvalue weighted by Crippen LogP contribution is -2.32. The number of anilines is 2. The number of carbonyl (C=O) groups excluding carboxylic acids is 1. The third-order valence-electron chi connectivity index (χ3n) is 6.27. The Balaban J connectivity index is 1.26. The van der Waals surface area contributed by atoms with Crippen LogP contribution in [0.3, 0.4) is 0 Å². The third-order valence-corrected chi connectivity index (χ3v) is 7.06. The molecule has 1 fully saturated rings. The van der Waals surface area contributed by atoms with Crippen molar-refractivity contribution >= 4 is 38.3 Å². The van der Waals surface area contributed by atoms with Gasteiger partial charge in [-0.25, -0.2) is 18.4 Å². The summed E-state index contributed by atoms with van der Waals surface area (Å²) in [6.45, 7) is 3.42. The van der Waals surface area contributed by atoms with Crippen LogP contribution in [0.25, 0.3) is 11.0 Å². The number of hydrogen-bond donors (Lipinski definition) is 2. The molecule has 2 aromatic heterocycles. The lowest BCUT2D eigenvalue weighted by molar-refractivity contribution is -0.118. The molecule has 0 atom stereocenters. The van der Waals surface area contributed by atoms with Gasteiger partial charge in [-0.05, 0) is 67.6 Å². The van der Waals surface area contributed by atoms with E-state index >= 15 is 0 Å². The molecular formula is C28H31N5O5S. The topological polar surface area (TPSA) is 124 Å². The monoisotopic (exact) mass is 549 g/mol. The van der Waals surface area contributed by atoms with Crippen molar-refractivity contribution in [2.24, 2.45) is 5.92 Å². The van der Waals surface area contributed by atoms with E-state index in [4.69, 9.17) is 9.47 Å². The summed E-state index contributed by atoms with van der Waals surface area (Å²) in [7, 11) is -3.38. The Hall–Kier alpha value is -4.12. The van der Waals surface area contributed by atoms with E-state index in [0.717, 1.165) is 46.6 Å². The average Bonchev–Trinajstić information content (AvgIpc) is 3.62. The molecule has 1 amide bonds. The molecule has 39 heavy (non-hydrogen) atoms. The second-order valence-electron chi connectivity index (χ2n) is 9.82. The molecule has 5 rings (SSSR count). The smallest absolute Gasteiger partial charge is 0.235 e. The van der Waals surface area contributed by atoms with E-state index in [-0.39, 0.29) is 6.54 Å². The van der Waals surface area contributed by atoms with Crippen LogP contribution in [0.5, 0.6) is 17.2 Å². The van der Waals surface area contributed by atoms with E-state index in [1.165, 1.54) is 19.2 Å². The summed E-state index contributed by atoms with van der Waals surface area (Å²) in [5.41, 5.74) is 3.29. The number of hydrogen-bond acceptors (Lipinski definition) is 8. The quantitative estimate of drug-likeness (QED) is 0.269. The predicted molar refractivity (Wildman–Crippen MR) is 149 cm³/mol. The molecule has 0 radical (unpaired) electrons. The minimum absolute atomic E-state index is 0.268. The first-order chi connectivity index (χ1) is 18.7. The van der Waals surface area contributed by atoms with Crippen LogP contribution in [0.1, 0.15) is 18.4 Å². The van der Waals surface area contributed by atoms with Gasteiger partial charge in [-0.2, -0.15) is 0 Å². The number of aryl methyl sites for hydroxylation is 1. The molecule has 204 valence electrons. The molecule has 1 saturated carbocycles. The van der Waals surface area contributed by atoms with Crippen molar-refractivity contribution in [3.8, 4) is 17.2 Å². The first kappa shape index (κ1) is 26.5. The Kier molecular flexibility index (Phi) is 7.69. The number of sulfone groups is 1. The van der Waals surface area contributed by atoms with Crippen molar-refractivity contribution in [1.82, 2.24) is 19.9 Å². The van der Waals surface area contributed by atoms with Crippen molar-refractivity contribution in [3.63, 3.8) is 0 Å². The Morgan fingerprint density at radius 2 is 1.92 bits per heavy atom. The van der Waals surface area contributed by atoms with Gasteiger partial charge in [-0.15, -0.1) is 0 Å². The largest absolute Gasteiger partial charge is 0.493 e. The second kappa shape index (κ2) is 11.3. The molecule has 0 saturated heterocycles. The van der Waals surface area contributed by atoms with Crippen LogP contribution in [-0.2, 0) is 21.2 Å². The maximum absolute atomic E-state index is 11.9. The molecule has 2 heterocycles. The highest BCUT2D eigenvalue weighted by atomic mass is 32.2. The van der Waals surface area contributed by atoms with Gasteiger partial charge in [0.05, 0.1) is 12.1 Å². The van der Waals surface area contributed by atoms with Gasteiger partial charge < -0.3 is 24.7 Å². The summed E-state index contributed by atoms with van der Waals surface area (Å²) < 4.78 is 36.6. The zero-order valence-electron chi connectivity index (χ0n) is 21.9. The molecule has 4 aromatic rings. The van der Waals surface area contributed by atoms with Crippen molar-refractivity contribution in [1.29, 1.82) is 0 Å². The van der Waals surface area contributed by atoms with Crippen LogP contribution in [0.2, 0.25) is 0 Å². The maximum atomic E-state index is 11.9. The summed E-state index contributed by atoms with van der Waals surface area (Å²) in [5.74, 6) is 2.49. The van der Waals surface area contributed by atoms with Gasteiger partial charge in [0.15, 0.2) is 15.7 Å². The molecule has 1 aliphatic carbocycles. The molecule has 11 heteroatoms. The van der Waals surface area contributed by atoms with Crippen LogP contribution >= 0.6 is 0 Å². The Bertz CT molecular complexity index is 1600. The molecule has 0 bridgehead atoms. The van der Waals surface area contributed by atoms with Gasteiger partial charge in [-0.3, -0.25) is 4.79 Å². The molecular weight excluding hydrogens is 518 g/mol. The lowest BCUT2D eigenvalue weighted by Gasteiger charge is -2.14. The minimum Gasteiger partial charge on any atom is -0.493 e. The highest BCUT2D eigenvalue weighted by Gasteiger charge is 2.22. The van der Waals surface area contributed by atoms with Gasteiger partial charge >= 0.3 is 0 Å². The molecule has 1 aliphatic rings. The number of amides is 1. The first-order valence-electron chi connectivity index (χ1n) is 12.8. The van der Waals surface area contributed by atoms with E-state index in [2.05, 4.69) is 20.6 Å². The van der Waals surface area contributed by atoms with Gasteiger partial charge in [-0.1, -0.05) is 6.07 Å². The van der Waals surface area contributed by atoms with E-state index in [1.54, 1.807) is 0 Å². The maximum Gasteiger partial charge on any atom is 0.235 e. The van der Waals surface area contributed by atoms with Crippen LogP contribution < -0.4 is 20.1 Å². The highest BCUT2D eigenvalue weighted by Crippen LogP contribution is 2.33. The third kappa shape index (κ3) is 7.26. The zero-order valence-corrected chi connectivity index (χ0v) is 22.7. The summed E-state index contributed by atoms with van der Waals surface area (Å²) >= 11 is 0. The van der Waals surface area contributed by atoms with Crippen molar-refractivity contribution in [2.75, 3.05) is 30.5 Å². The summed E-state index contributed by atoms with van der Waals surface area (Å²) in [6, 6.07) is 15.4. The molecule has 0 unspecified atom stereocenters. The predicted octanol–water partition coefficient (Wildman–Crippen LogP) is 4.23. The van der Waals surface area contributed by atoms with E-state index in [0.29, 0.717) is 24.0 Å². The number of rotatable bonds is 12. The van der Waals surface area contributed by atoms with Crippen molar-refractivity contribution < 1.29 is 22.7 Å². The summed E-state index contributed by atoms with van der Waals surface area (Å²) in [5, 5.41) is 6.00. The van der Waals surface area contributed by atoms with Crippen LogP contribution in [0.15, 0.2) is 61.1 Å². The van der Waals surface area contributed by atoms with Gasteiger partial charge in [0, 0.05) is 37.3 Å².